The van der Waals surface area contributed by atoms with E-state index in [4.69, 9.17) is 4.74 Å². The summed E-state index contributed by atoms with van der Waals surface area (Å²) in [5.41, 5.74) is 3.98. The average molecular weight is 418 g/mol. The molecular weight excluding hydrogens is 390 g/mol. The summed E-state index contributed by atoms with van der Waals surface area (Å²) in [4.78, 5) is 4.60. The summed E-state index contributed by atoms with van der Waals surface area (Å²) in [6.45, 7) is 0.792. The highest BCUT2D eigenvalue weighted by atomic mass is 32.2. The average Bonchev–Trinajstić information content (AvgIpc) is 3.25. The van der Waals surface area contributed by atoms with E-state index < -0.39 is 10.1 Å². The van der Waals surface area contributed by atoms with Gasteiger partial charge in [0.05, 0.1) is 18.6 Å². The lowest BCUT2D eigenvalue weighted by atomic mass is 9.88. The van der Waals surface area contributed by atoms with E-state index in [1.165, 1.54) is 19.1 Å². The lowest BCUT2D eigenvalue weighted by Crippen LogP contribution is -2.19. The molecule has 1 fully saturated rings. The van der Waals surface area contributed by atoms with Crippen molar-refractivity contribution < 1.29 is 17.3 Å². The summed E-state index contributed by atoms with van der Waals surface area (Å²) in [5.74, 6) is 0.194. The molecule has 1 aliphatic carbocycles. The topological polar surface area (TPSA) is 83.3 Å². The third-order valence-electron chi connectivity index (χ3n) is 5.67. The molecule has 2 unspecified atom stereocenters. The molecule has 2 aromatic rings. The molecule has 156 valence electrons. The lowest BCUT2D eigenvalue weighted by molar-refractivity contribution is -0.0393. The SMILES string of the molecule is COS(=O)(=O)CC1CC=C(c2ccc(-c3ccn(C4CCCCO4)n3)nc2)CC1. The molecule has 0 N–H and O–H groups in total. The van der Waals surface area contributed by atoms with Crippen LogP contribution in [-0.2, 0) is 19.0 Å². The normalized spacial score (nSPS) is 23.0. The van der Waals surface area contributed by atoms with Crippen LogP contribution in [0.2, 0.25) is 0 Å². The highest BCUT2D eigenvalue weighted by molar-refractivity contribution is 7.86. The van der Waals surface area contributed by atoms with Gasteiger partial charge in [-0.3, -0.25) is 9.17 Å². The van der Waals surface area contributed by atoms with Crippen molar-refractivity contribution in [2.24, 2.45) is 5.92 Å². The van der Waals surface area contributed by atoms with Crippen LogP contribution in [0.25, 0.3) is 17.0 Å². The van der Waals surface area contributed by atoms with Gasteiger partial charge in [0.1, 0.15) is 11.9 Å². The van der Waals surface area contributed by atoms with Crippen molar-refractivity contribution in [1.29, 1.82) is 0 Å². The van der Waals surface area contributed by atoms with Gasteiger partial charge in [0, 0.05) is 19.0 Å². The Labute approximate surface area is 171 Å². The molecule has 29 heavy (non-hydrogen) atoms. The van der Waals surface area contributed by atoms with Gasteiger partial charge in [0.15, 0.2) is 0 Å². The molecule has 0 aromatic carbocycles. The van der Waals surface area contributed by atoms with Gasteiger partial charge < -0.3 is 4.74 Å². The van der Waals surface area contributed by atoms with Crippen molar-refractivity contribution in [3.8, 4) is 11.4 Å². The van der Waals surface area contributed by atoms with Gasteiger partial charge in [-0.2, -0.15) is 13.5 Å². The van der Waals surface area contributed by atoms with Crippen LogP contribution in [0.15, 0.2) is 36.7 Å². The van der Waals surface area contributed by atoms with E-state index in [9.17, 15) is 8.42 Å². The van der Waals surface area contributed by atoms with E-state index >= 15 is 0 Å². The Morgan fingerprint density at radius 1 is 1.21 bits per heavy atom. The summed E-state index contributed by atoms with van der Waals surface area (Å²) in [5, 5.41) is 4.64. The monoisotopic (exact) mass is 417 g/mol. The fourth-order valence-electron chi connectivity index (χ4n) is 3.96. The summed E-state index contributed by atoms with van der Waals surface area (Å²) in [6, 6.07) is 6.03. The molecule has 2 atom stereocenters. The second-order valence-corrected chi connectivity index (χ2v) is 9.48. The van der Waals surface area contributed by atoms with Crippen LogP contribution in [0.4, 0.5) is 0 Å². The molecule has 3 heterocycles. The molecular formula is C21H27N3O4S. The van der Waals surface area contributed by atoms with Gasteiger partial charge in [0.2, 0.25) is 0 Å². The third-order valence-corrected chi connectivity index (χ3v) is 7.06. The van der Waals surface area contributed by atoms with Crippen molar-refractivity contribution >= 4 is 15.7 Å². The first-order valence-electron chi connectivity index (χ1n) is 10.1. The second kappa shape index (κ2) is 8.77. The predicted octanol–water partition coefficient (Wildman–Crippen LogP) is 3.80. The van der Waals surface area contributed by atoms with Crippen LogP contribution in [0.3, 0.4) is 0 Å². The van der Waals surface area contributed by atoms with Crippen molar-refractivity contribution in [2.45, 2.75) is 44.8 Å². The minimum Gasteiger partial charge on any atom is -0.357 e. The van der Waals surface area contributed by atoms with Crippen LogP contribution in [0, 0.1) is 5.92 Å². The summed E-state index contributed by atoms with van der Waals surface area (Å²) < 4.78 is 35.5. The Kier molecular flexibility index (Phi) is 6.12. The van der Waals surface area contributed by atoms with Crippen LogP contribution < -0.4 is 0 Å². The van der Waals surface area contributed by atoms with E-state index in [0.29, 0.717) is 0 Å². The lowest BCUT2D eigenvalue weighted by Gasteiger charge is -2.22. The highest BCUT2D eigenvalue weighted by Gasteiger charge is 2.22. The Morgan fingerprint density at radius 3 is 2.76 bits per heavy atom. The maximum Gasteiger partial charge on any atom is 0.267 e. The molecule has 4 rings (SSSR count). The van der Waals surface area contributed by atoms with Gasteiger partial charge in [0.25, 0.3) is 10.1 Å². The van der Waals surface area contributed by atoms with Crippen molar-refractivity contribution in [3.63, 3.8) is 0 Å². The number of allylic oxidation sites excluding steroid dienone is 2. The predicted molar refractivity (Wildman–Crippen MR) is 110 cm³/mol. The van der Waals surface area contributed by atoms with Crippen LogP contribution in [-0.4, -0.2) is 42.7 Å². The summed E-state index contributed by atoms with van der Waals surface area (Å²) in [7, 11) is -2.18. The zero-order chi connectivity index (χ0) is 20.3. The maximum absolute atomic E-state index is 11.6. The first kappa shape index (κ1) is 20.3. The molecule has 8 heteroatoms. The van der Waals surface area contributed by atoms with Gasteiger partial charge in [-0.25, -0.2) is 4.68 Å². The minimum atomic E-state index is -3.40. The Hall–Kier alpha value is -2.03. The summed E-state index contributed by atoms with van der Waals surface area (Å²) >= 11 is 0. The largest absolute Gasteiger partial charge is 0.357 e. The molecule has 2 aromatic heterocycles. The van der Waals surface area contributed by atoms with Crippen molar-refractivity contribution in [3.05, 3.63) is 42.2 Å². The zero-order valence-electron chi connectivity index (χ0n) is 16.7. The fourth-order valence-corrected chi connectivity index (χ4v) is 4.98. The first-order chi connectivity index (χ1) is 14.0. The van der Waals surface area contributed by atoms with Crippen molar-refractivity contribution in [1.82, 2.24) is 14.8 Å². The van der Waals surface area contributed by atoms with E-state index in [1.54, 1.807) is 0 Å². The number of aromatic nitrogens is 3. The standard InChI is InChI=1S/C21H27N3O4S/c1-27-29(25,26)15-16-5-7-17(8-6-16)18-9-10-19(22-14-18)20-11-12-24(23-20)21-4-2-3-13-28-21/h7,9-12,14,16,21H,2-6,8,13,15H2,1H3. The van der Waals surface area contributed by atoms with Gasteiger partial charge in [-0.05, 0) is 67.7 Å². The molecule has 0 bridgehead atoms. The third kappa shape index (κ3) is 4.94. The minimum absolute atomic E-state index is 0.0269. The number of pyridine rings is 1. The van der Waals surface area contributed by atoms with Gasteiger partial charge >= 0.3 is 0 Å². The number of hydrogen-bond acceptors (Lipinski definition) is 6. The molecule has 2 aliphatic rings. The number of hydrogen-bond donors (Lipinski definition) is 0. The second-order valence-electron chi connectivity index (χ2n) is 7.70. The number of nitrogens with zero attached hydrogens (tertiary/aromatic N) is 3. The number of rotatable bonds is 6. The van der Waals surface area contributed by atoms with E-state index in [2.05, 4.69) is 26.4 Å². The molecule has 0 saturated carbocycles. The van der Waals surface area contributed by atoms with Gasteiger partial charge in [-0.15, -0.1) is 0 Å². The van der Waals surface area contributed by atoms with Crippen LogP contribution in [0.5, 0.6) is 0 Å². The maximum atomic E-state index is 11.6. The van der Waals surface area contributed by atoms with Crippen LogP contribution in [0.1, 0.15) is 50.3 Å². The van der Waals surface area contributed by atoms with Gasteiger partial charge in [-0.1, -0.05) is 12.1 Å². The molecule has 0 spiro atoms. The van der Waals surface area contributed by atoms with Crippen LogP contribution >= 0.6 is 0 Å². The Morgan fingerprint density at radius 2 is 2.10 bits per heavy atom. The highest BCUT2D eigenvalue weighted by Crippen LogP contribution is 2.31. The van der Waals surface area contributed by atoms with E-state index in [0.717, 1.165) is 55.7 Å². The van der Waals surface area contributed by atoms with E-state index in [-0.39, 0.29) is 17.9 Å². The molecule has 0 amide bonds. The molecule has 1 saturated heterocycles. The molecule has 7 nitrogen and oxygen atoms in total. The Bertz CT molecular complexity index is 960. The zero-order valence-corrected chi connectivity index (χ0v) is 17.5. The quantitative estimate of drug-likeness (QED) is 0.665. The fraction of sp³-hybridized carbons (Fsp3) is 0.524. The van der Waals surface area contributed by atoms with E-state index in [1.807, 2.05) is 29.2 Å². The summed E-state index contributed by atoms with van der Waals surface area (Å²) in [6.07, 6.45) is 11.7. The number of ether oxygens (including phenoxy) is 1. The molecule has 0 radical (unpaired) electrons. The smallest absolute Gasteiger partial charge is 0.267 e. The first-order valence-corrected chi connectivity index (χ1v) is 11.7. The molecule has 1 aliphatic heterocycles. The van der Waals surface area contributed by atoms with Crippen molar-refractivity contribution in [2.75, 3.05) is 19.5 Å². The Balaban J connectivity index is 1.41.